The summed E-state index contributed by atoms with van der Waals surface area (Å²) in [6.07, 6.45) is 5.57. The van der Waals surface area contributed by atoms with Crippen LogP contribution in [0.5, 0.6) is 0 Å². The molecule has 2 rings (SSSR count). The Labute approximate surface area is 117 Å². The Morgan fingerprint density at radius 3 is 2.80 bits per heavy atom. The molecule has 0 radical (unpaired) electrons. The van der Waals surface area contributed by atoms with Crippen LogP contribution in [0.1, 0.15) is 42.6 Å². The van der Waals surface area contributed by atoms with Gasteiger partial charge < -0.3 is 20.1 Å². The summed E-state index contributed by atoms with van der Waals surface area (Å²) in [6, 6.07) is 2.82. The summed E-state index contributed by atoms with van der Waals surface area (Å²) >= 11 is 0. The van der Waals surface area contributed by atoms with Crippen molar-refractivity contribution in [2.24, 2.45) is 0 Å². The number of nitrogens with zero attached hydrogens (tertiary/aromatic N) is 1. The maximum atomic E-state index is 12.0. The first-order chi connectivity index (χ1) is 9.58. The van der Waals surface area contributed by atoms with Gasteiger partial charge in [0.25, 0.3) is 0 Å². The van der Waals surface area contributed by atoms with Gasteiger partial charge in [-0.05, 0) is 25.0 Å². The van der Waals surface area contributed by atoms with Gasteiger partial charge in [0.15, 0.2) is 0 Å². The maximum Gasteiger partial charge on any atom is 0.352 e. The van der Waals surface area contributed by atoms with Crippen LogP contribution in [0.2, 0.25) is 0 Å². The van der Waals surface area contributed by atoms with Crippen LogP contribution in [-0.4, -0.2) is 38.8 Å². The molecule has 1 aliphatic carbocycles. The second-order valence-corrected chi connectivity index (χ2v) is 5.21. The fourth-order valence-electron chi connectivity index (χ4n) is 2.61. The number of aliphatic hydroxyl groups is 1. The van der Waals surface area contributed by atoms with E-state index in [0.29, 0.717) is 6.42 Å². The number of hydrogen-bond donors (Lipinski definition) is 3. The molecule has 1 saturated carbocycles. The lowest BCUT2D eigenvalue weighted by Gasteiger charge is -2.22. The molecule has 1 fully saturated rings. The van der Waals surface area contributed by atoms with E-state index in [1.807, 2.05) is 0 Å². The van der Waals surface area contributed by atoms with Gasteiger partial charge in [0, 0.05) is 6.20 Å². The molecular formula is C14H20N2O4. The van der Waals surface area contributed by atoms with Crippen molar-refractivity contribution < 1.29 is 19.8 Å². The fraction of sp³-hybridized carbons (Fsp3) is 0.571. The van der Waals surface area contributed by atoms with E-state index >= 15 is 0 Å². The van der Waals surface area contributed by atoms with Crippen LogP contribution in [0.15, 0.2) is 18.3 Å². The molecule has 3 N–H and O–H groups in total. The highest BCUT2D eigenvalue weighted by atomic mass is 16.4. The van der Waals surface area contributed by atoms with Crippen LogP contribution >= 0.6 is 0 Å². The number of hydrogen-bond acceptors (Lipinski definition) is 3. The van der Waals surface area contributed by atoms with E-state index in [1.54, 1.807) is 12.3 Å². The molecule has 6 nitrogen and oxygen atoms in total. The highest BCUT2D eigenvalue weighted by Gasteiger charge is 2.23. The first-order valence-corrected chi connectivity index (χ1v) is 6.94. The molecule has 1 aromatic rings. The molecule has 2 unspecified atom stereocenters. The number of carbonyl (C=O) groups excluding carboxylic acids is 1. The Bertz CT molecular complexity index is 483. The van der Waals surface area contributed by atoms with E-state index in [1.165, 1.54) is 10.6 Å². The number of carbonyl (C=O) groups is 2. The average molecular weight is 280 g/mol. The van der Waals surface area contributed by atoms with Crippen LogP contribution in [0.4, 0.5) is 0 Å². The summed E-state index contributed by atoms with van der Waals surface area (Å²) in [6.45, 7) is -0.0438. The van der Waals surface area contributed by atoms with Gasteiger partial charge in [-0.3, -0.25) is 4.79 Å². The van der Waals surface area contributed by atoms with Crippen molar-refractivity contribution >= 4 is 11.9 Å². The predicted molar refractivity (Wildman–Crippen MR) is 72.4 cm³/mol. The number of aromatic nitrogens is 1. The Morgan fingerprint density at radius 2 is 2.05 bits per heavy atom. The van der Waals surface area contributed by atoms with E-state index in [-0.39, 0.29) is 24.2 Å². The van der Waals surface area contributed by atoms with Crippen LogP contribution in [0.25, 0.3) is 0 Å². The summed E-state index contributed by atoms with van der Waals surface area (Å²) in [5, 5.41) is 21.7. The van der Waals surface area contributed by atoms with E-state index < -0.39 is 12.1 Å². The van der Waals surface area contributed by atoms with Crippen molar-refractivity contribution in [3.8, 4) is 0 Å². The van der Waals surface area contributed by atoms with Crippen LogP contribution < -0.4 is 5.32 Å². The van der Waals surface area contributed by atoms with Crippen molar-refractivity contribution in [3.63, 3.8) is 0 Å². The Balaban J connectivity index is 1.94. The van der Waals surface area contributed by atoms with Crippen molar-refractivity contribution in [1.82, 2.24) is 9.88 Å². The molecule has 6 heteroatoms. The topological polar surface area (TPSA) is 91.6 Å². The van der Waals surface area contributed by atoms with E-state index in [0.717, 1.165) is 25.7 Å². The molecule has 1 aromatic heterocycles. The Kier molecular flexibility index (Phi) is 4.79. The molecular weight excluding hydrogens is 260 g/mol. The maximum absolute atomic E-state index is 12.0. The Morgan fingerprint density at radius 1 is 1.30 bits per heavy atom. The third kappa shape index (κ3) is 3.60. The monoisotopic (exact) mass is 280 g/mol. The number of aromatic carboxylic acids is 1. The second-order valence-electron chi connectivity index (χ2n) is 5.21. The fourth-order valence-corrected chi connectivity index (χ4v) is 2.61. The summed E-state index contributed by atoms with van der Waals surface area (Å²) in [7, 11) is 0. The van der Waals surface area contributed by atoms with Crippen molar-refractivity contribution in [1.29, 1.82) is 0 Å². The summed E-state index contributed by atoms with van der Waals surface area (Å²) < 4.78 is 1.39. The minimum Gasteiger partial charge on any atom is -0.477 e. The third-order valence-corrected chi connectivity index (χ3v) is 3.69. The lowest BCUT2D eigenvalue weighted by Crippen LogP contribution is -2.44. The Hall–Kier alpha value is -1.82. The van der Waals surface area contributed by atoms with E-state index in [4.69, 9.17) is 5.11 Å². The second kappa shape index (κ2) is 6.56. The van der Waals surface area contributed by atoms with Crippen molar-refractivity contribution in [2.75, 3.05) is 0 Å². The van der Waals surface area contributed by atoms with Gasteiger partial charge >= 0.3 is 5.97 Å². The van der Waals surface area contributed by atoms with Crippen LogP contribution in [0, 0.1) is 0 Å². The first kappa shape index (κ1) is 14.6. The van der Waals surface area contributed by atoms with Crippen molar-refractivity contribution in [2.45, 2.75) is 50.8 Å². The molecule has 110 valence electrons. The van der Waals surface area contributed by atoms with Crippen molar-refractivity contribution in [3.05, 3.63) is 24.0 Å². The van der Waals surface area contributed by atoms with E-state index in [9.17, 15) is 14.7 Å². The number of rotatable bonds is 4. The van der Waals surface area contributed by atoms with Gasteiger partial charge in [-0.25, -0.2) is 4.79 Å². The number of aliphatic hydroxyl groups excluding tert-OH is 1. The zero-order chi connectivity index (χ0) is 14.5. The van der Waals surface area contributed by atoms with Gasteiger partial charge in [-0.15, -0.1) is 0 Å². The lowest BCUT2D eigenvalue weighted by atomic mass is 10.1. The zero-order valence-electron chi connectivity index (χ0n) is 11.3. The number of carboxylic acid groups (broad SMARTS) is 1. The quantitative estimate of drug-likeness (QED) is 0.717. The summed E-state index contributed by atoms with van der Waals surface area (Å²) in [4.78, 5) is 22.9. The zero-order valence-corrected chi connectivity index (χ0v) is 11.3. The molecule has 20 heavy (non-hydrogen) atoms. The van der Waals surface area contributed by atoms with Gasteiger partial charge in [0.1, 0.15) is 12.2 Å². The molecule has 0 aromatic carbocycles. The summed E-state index contributed by atoms with van der Waals surface area (Å²) in [5.74, 6) is -1.33. The molecule has 0 spiro atoms. The standard InChI is InChI=1S/C14H20N2O4/c17-12-7-3-1-2-5-10(12)15-13(18)9-16-8-4-6-11(16)14(19)20/h4,6,8,10,12,17H,1-3,5,7,9H2,(H,15,18)(H,19,20). The minimum absolute atomic E-state index is 0.0438. The number of carboxylic acids is 1. The minimum atomic E-state index is -1.06. The van der Waals surface area contributed by atoms with Gasteiger partial charge in [-0.1, -0.05) is 19.3 Å². The molecule has 1 amide bonds. The molecule has 2 atom stereocenters. The number of nitrogens with one attached hydrogen (secondary N) is 1. The molecule has 1 heterocycles. The van der Waals surface area contributed by atoms with Crippen LogP contribution in [0.3, 0.4) is 0 Å². The largest absolute Gasteiger partial charge is 0.477 e. The third-order valence-electron chi connectivity index (χ3n) is 3.69. The van der Waals surface area contributed by atoms with Gasteiger partial charge in [0.2, 0.25) is 5.91 Å². The normalized spacial score (nSPS) is 23.1. The molecule has 0 saturated heterocycles. The molecule has 0 bridgehead atoms. The van der Waals surface area contributed by atoms with Gasteiger partial charge in [-0.2, -0.15) is 0 Å². The SMILES string of the molecule is O=C(Cn1cccc1C(=O)O)NC1CCCCCC1O. The molecule has 0 aliphatic heterocycles. The first-order valence-electron chi connectivity index (χ1n) is 6.94. The highest BCUT2D eigenvalue weighted by molar-refractivity contribution is 5.86. The smallest absolute Gasteiger partial charge is 0.352 e. The van der Waals surface area contributed by atoms with Gasteiger partial charge in [0.05, 0.1) is 12.1 Å². The average Bonchev–Trinajstić information content (AvgIpc) is 2.75. The van der Waals surface area contributed by atoms with Crippen LogP contribution in [-0.2, 0) is 11.3 Å². The molecule has 1 aliphatic rings. The number of amides is 1. The highest BCUT2D eigenvalue weighted by Crippen LogP contribution is 2.18. The predicted octanol–water partition coefficient (Wildman–Crippen LogP) is 0.996. The lowest BCUT2D eigenvalue weighted by molar-refractivity contribution is -0.123. The summed E-state index contributed by atoms with van der Waals surface area (Å²) in [5.41, 5.74) is 0.0848. The van der Waals surface area contributed by atoms with E-state index in [2.05, 4.69) is 5.32 Å².